The fraction of sp³-hybridized carbons (Fsp3) is 0. The maximum atomic E-state index is 13.3. The quantitative estimate of drug-likeness (QED) is 0.129. The van der Waals surface area contributed by atoms with Crippen LogP contribution in [0.15, 0.2) is 131 Å². The van der Waals surface area contributed by atoms with Crippen LogP contribution in [0.1, 0.15) is 0 Å². The van der Waals surface area contributed by atoms with Crippen molar-refractivity contribution in [1.29, 1.82) is 0 Å². The Labute approximate surface area is 242 Å². The third kappa shape index (κ3) is 4.39. The van der Waals surface area contributed by atoms with Crippen molar-refractivity contribution < 1.29 is 24.3 Å². The Morgan fingerprint density at radius 3 is 2.31 bits per heavy atom. The van der Waals surface area contributed by atoms with Gasteiger partial charge in [0.05, 0.1) is 0 Å². The van der Waals surface area contributed by atoms with Gasteiger partial charge in [-0.15, -0.1) is 65.7 Å². The summed E-state index contributed by atoms with van der Waals surface area (Å²) < 4.78 is 13.3. The first-order valence-electron chi connectivity index (χ1n) is 12.3. The van der Waals surface area contributed by atoms with Crippen molar-refractivity contribution in [3.05, 3.63) is 134 Å². The molecule has 0 fully saturated rings. The van der Waals surface area contributed by atoms with Crippen molar-refractivity contribution >= 4 is 43.1 Å². The Bertz CT molecular complexity index is 1960. The Hall–Kier alpha value is -4.02. The second-order valence-electron chi connectivity index (χ2n) is 9.01. The molecule has 0 saturated carbocycles. The largest absolute Gasteiger partial charge is 0.305 e. The van der Waals surface area contributed by atoms with Crippen LogP contribution in [0.25, 0.3) is 54.8 Å². The molecule has 7 aromatic rings. The Morgan fingerprint density at radius 2 is 1.46 bits per heavy atom. The van der Waals surface area contributed by atoms with Gasteiger partial charge < -0.3 is 9.97 Å². The molecule has 5 heteroatoms. The average molecular weight is 697 g/mol. The SMILES string of the molecule is O=S1c2ccc[c-]c2-c2nccc3c2c1cc1c2ccccc2ccc31.[Ir].[c-]1ccccc1-c1ccccn1. The predicted octanol–water partition coefficient (Wildman–Crippen LogP) is 8.03. The topological polar surface area (TPSA) is 42.9 Å². The van der Waals surface area contributed by atoms with E-state index >= 15 is 0 Å². The molecule has 39 heavy (non-hydrogen) atoms. The molecule has 8 rings (SSSR count). The van der Waals surface area contributed by atoms with E-state index in [1.54, 1.807) is 6.20 Å². The summed E-state index contributed by atoms with van der Waals surface area (Å²) in [5, 5.41) is 6.77. The van der Waals surface area contributed by atoms with Crippen molar-refractivity contribution in [2.45, 2.75) is 9.79 Å². The van der Waals surface area contributed by atoms with Gasteiger partial charge in [-0.2, -0.15) is 0 Å². The first-order valence-corrected chi connectivity index (χ1v) is 13.5. The van der Waals surface area contributed by atoms with Gasteiger partial charge in [-0.1, -0.05) is 48.5 Å². The number of aromatic nitrogens is 2. The fourth-order valence-electron chi connectivity index (χ4n) is 5.11. The molecule has 1 aliphatic rings. The molecule has 189 valence electrons. The molecular formula is C34H20IrN2OS-2. The van der Waals surface area contributed by atoms with Gasteiger partial charge >= 0.3 is 0 Å². The van der Waals surface area contributed by atoms with Crippen molar-refractivity contribution in [3.8, 4) is 22.5 Å². The second-order valence-corrected chi connectivity index (χ2v) is 10.4. The van der Waals surface area contributed by atoms with E-state index in [2.05, 4.69) is 58.5 Å². The van der Waals surface area contributed by atoms with E-state index in [1.807, 2.05) is 79.0 Å². The standard InChI is InChI=1S/C23H12NOS.C11H8N.Ir/c25-26-20-8-4-3-7-18(20)23-22-17(11-12-24-23)16-10-9-14-5-1-2-6-15(14)19(16)13-21(22)26;1-2-6-10(7-3-1)11-8-4-5-9-12-11;/h1-6,8-13H;1-6,8-9H;/q2*-1;. The number of nitrogens with zero attached hydrogens (tertiary/aromatic N) is 2. The minimum Gasteiger partial charge on any atom is -0.305 e. The summed E-state index contributed by atoms with van der Waals surface area (Å²) in [6.45, 7) is 0. The summed E-state index contributed by atoms with van der Waals surface area (Å²) in [7, 11) is -1.23. The van der Waals surface area contributed by atoms with Crippen LogP contribution in [0.3, 0.4) is 0 Å². The molecule has 0 saturated heterocycles. The Balaban J connectivity index is 0.000000180. The summed E-state index contributed by atoms with van der Waals surface area (Å²) in [6.07, 6.45) is 3.63. The zero-order valence-corrected chi connectivity index (χ0v) is 23.8. The first-order chi connectivity index (χ1) is 18.8. The molecule has 1 radical (unpaired) electrons. The average Bonchev–Trinajstić information content (AvgIpc) is 3.00. The number of pyridine rings is 2. The smallest absolute Gasteiger partial charge is 0.0420 e. The minimum absolute atomic E-state index is 0. The monoisotopic (exact) mass is 697 g/mol. The van der Waals surface area contributed by atoms with Crippen LogP contribution >= 0.6 is 0 Å². The van der Waals surface area contributed by atoms with Crippen molar-refractivity contribution in [2.75, 3.05) is 0 Å². The number of benzene rings is 5. The van der Waals surface area contributed by atoms with E-state index in [0.29, 0.717) is 0 Å². The minimum atomic E-state index is -1.23. The van der Waals surface area contributed by atoms with Gasteiger partial charge in [-0.25, -0.2) is 0 Å². The summed E-state index contributed by atoms with van der Waals surface area (Å²) in [5.74, 6) is 0. The van der Waals surface area contributed by atoms with E-state index in [9.17, 15) is 4.21 Å². The number of fused-ring (bicyclic) bond motifs is 6. The van der Waals surface area contributed by atoms with E-state index < -0.39 is 10.8 Å². The third-order valence-corrected chi connectivity index (χ3v) is 8.30. The van der Waals surface area contributed by atoms with Crippen LogP contribution in [0.4, 0.5) is 0 Å². The molecule has 3 heterocycles. The molecule has 0 spiro atoms. The van der Waals surface area contributed by atoms with Crippen LogP contribution in [0.5, 0.6) is 0 Å². The van der Waals surface area contributed by atoms with Crippen molar-refractivity contribution in [3.63, 3.8) is 0 Å². The molecule has 0 N–H and O–H groups in total. The molecule has 1 aliphatic heterocycles. The second kappa shape index (κ2) is 10.6. The molecule has 0 aliphatic carbocycles. The van der Waals surface area contributed by atoms with Crippen LogP contribution in [0, 0.1) is 12.1 Å². The first kappa shape index (κ1) is 25.3. The van der Waals surface area contributed by atoms with Gasteiger partial charge in [0.25, 0.3) is 0 Å². The van der Waals surface area contributed by atoms with E-state index in [1.165, 1.54) is 16.2 Å². The number of rotatable bonds is 1. The van der Waals surface area contributed by atoms with Gasteiger partial charge in [0, 0.05) is 48.2 Å². The van der Waals surface area contributed by atoms with E-state index in [0.717, 1.165) is 48.5 Å². The summed E-state index contributed by atoms with van der Waals surface area (Å²) >= 11 is 0. The Morgan fingerprint density at radius 1 is 0.615 bits per heavy atom. The zero-order chi connectivity index (χ0) is 25.5. The van der Waals surface area contributed by atoms with Gasteiger partial charge in [0.1, 0.15) is 0 Å². The van der Waals surface area contributed by atoms with Gasteiger partial charge in [-0.05, 0) is 66.8 Å². The van der Waals surface area contributed by atoms with E-state index in [4.69, 9.17) is 0 Å². The fourth-order valence-corrected chi connectivity index (χ4v) is 6.51. The van der Waals surface area contributed by atoms with E-state index in [-0.39, 0.29) is 20.1 Å². The molecule has 5 aromatic carbocycles. The third-order valence-electron chi connectivity index (χ3n) is 6.84. The normalized spacial score (nSPS) is 13.3. The van der Waals surface area contributed by atoms with Crippen molar-refractivity contribution in [1.82, 2.24) is 9.97 Å². The summed E-state index contributed by atoms with van der Waals surface area (Å²) in [6, 6.07) is 42.5. The predicted molar refractivity (Wildman–Crippen MR) is 154 cm³/mol. The van der Waals surface area contributed by atoms with Crippen LogP contribution in [-0.4, -0.2) is 14.2 Å². The molecule has 3 nitrogen and oxygen atoms in total. The maximum absolute atomic E-state index is 13.3. The van der Waals surface area contributed by atoms with Gasteiger partial charge in [-0.3, -0.25) is 4.21 Å². The molecular weight excluding hydrogens is 677 g/mol. The number of hydrogen-bond acceptors (Lipinski definition) is 3. The molecule has 1 atom stereocenters. The van der Waals surface area contributed by atoms with Crippen molar-refractivity contribution in [2.24, 2.45) is 0 Å². The van der Waals surface area contributed by atoms with Crippen LogP contribution < -0.4 is 0 Å². The molecule has 0 amide bonds. The van der Waals surface area contributed by atoms with Crippen LogP contribution in [-0.2, 0) is 30.9 Å². The molecule has 0 bridgehead atoms. The zero-order valence-electron chi connectivity index (χ0n) is 20.6. The molecule has 2 aromatic heterocycles. The van der Waals surface area contributed by atoms with Gasteiger partial charge in [0.2, 0.25) is 0 Å². The maximum Gasteiger partial charge on any atom is 0.0420 e. The summed E-state index contributed by atoms with van der Waals surface area (Å²) in [5.41, 5.74) is 3.74. The summed E-state index contributed by atoms with van der Waals surface area (Å²) in [4.78, 5) is 10.5. The number of hydrogen-bond donors (Lipinski definition) is 0. The van der Waals surface area contributed by atoms with Gasteiger partial charge in [0.15, 0.2) is 0 Å². The molecule has 1 unspecified atom stereocenters. The van der Waals surface area contributed by atoms with Crippen LogP contribution in [0.2, 0.25) is 0 Å². The Kier molecular flexibility index (Phi) is 6.88.